The second-order valence-electron chi connectivity index (χ2n) is 8.15. The zero-order valence-electron chi connectivity index (χ0n) is 16.5. The van der Waals surface area contributed by atoms with Crippen molar-refractivity contribution in [3.63, 3.8) is 0 Å². The van der Waals surface area contributed by atoms with Crippen molar-refractivity contribution in [2.45, 2.75) is 39.7 Å². The fourth-order valence-electron chi connectivity index (χ4n) is 4.44. The van der Waals surface area contributed by atoms with E-state index in [0.29, 0.717) is 12.6 Å². The molecule has 1 aromatic carbocycles. The average Bonchev–Trinajstić information content (AvgIpc) is 3.42. The third-order valence-corrected chi connectivity index (χ3v) is 6.32. The highest BCUT2D eigenvalue weighted by Gasteiger charge is 2.30. The molecule has 0 atom stereocenters. The third kappa shape index (κ3) is 3.78. The van der Waals surface area contributed by atoms with Gasteiger partial charge in [-0.15, -0.1) is 0 Å². The topological polar surface area (TPSA) is 29.7 Å². The van der Waals surface area contributed by atoms with Crippen molar-refractivity contribution < 1.29 is 9.69 Å². The summed E-state index contributed by atoms with van der Waals surface area (Å²) in [5, 5.41) is 0.784. The number of quaternary nitrogens is 1. The van der Waals surface area contributed by atoms with Crippen molar-refractivity contribution in [2.75, 3.05) is 37.6 Å². The summed E-state index contributed by atoms with van der Waals surface area (Å²) in [6.07, 6.45) is 2.50. The van der Waals surface area contributed by atoms with Crippen molar-refractivity contribution in [3.8, 4) is 0 Å². The zero-order chi connectivity index (χ0) is 19.1. The summed E-state index contributed by atoms with van der Waals surface area (Å²) >= 11 is 6.18. The van der Waals surface area contributed by atoms with Gasteiger partial charge in [0.25, 0.3) is 0 Å². The number of hydrogen-bond acceptors (Lipinski definition) is 2. The van der Waals surface area contributed by atoms with E-state index in [4.69, 9.17) is 11.6 Å². The molecule has 144 valence electrons. The lowest BCUT2D eigenvalue weighted by Crippen LogP contribution is -3.15. The van der Waals surface area contributed by atoms with Crippen molar-refractivity contribution in [3.05, 3.63) is 51.8 Å². The number of benzene rings is 1. The molecule has 4 nitrogen and oxygen atoms in total. The van der Waals surface area contributed by atoms with E-state index in [1.807, 2.05) is 6.07 Å². The molecular weight excluding hydrogens is 358 g/mol. The van der Waals surface area contributed by atoms with Gasteiger partial charge in [-0.2, -0.15) is 0 Å². The molecule has 0 radical (unpaired) electrons. The van der Waals surface area contributed by atoms with Crippen LogP contribution in [0.1, 0.15) is 46.2 Å². The second kappa shape index (κ2) is 7.33. The van der Waals surface area contributed by atoms with Crippen LogP contribution in [0.15, 0.2) is 24.3 Å². The highest BCUT2D eigenvalue weighted by atomic mass is 35.5. The maximum atomic E-state index is 12.9. The average molecular weight is 387 g/mol. The fraction of sp³-hybridized carbons (Fsp3) is 0.500. The molecule has 1 N–H and O–H groups in total. The Morgan fingerprint density at radius 3 is 2.52 bits per heavy atom. The van der Waals surface area contributed by atoms with E-state index in [2.05, 4.69) is 48.4 Å². The van der Waals surface area contributed by atoms with Crippen LogP contribution in [-0.4, -0.2) is 43.1 Å². The first-order valence-corrected chi connectivity index (χ1v) is 10.4. The van der Waals surface area contributed by atoms with Gasteiger partial charge in [0, 0.05) is 33.7 Å². The molecule has 2 aromatic rings. The van der Waals surface area contributed by atoms with Gasteiger partial charge < -0.3 is 14.4 Å². The summed E-state index contributed by atoms with van der Waals surface area (Å²) in [5.41, 5.74) is 5.80. The van der Waals surface area contributed by atoms with Crippen LogP contribution in [0, 0.1) is 20.8 Å². The molecule has 27 heavy (non-hydrogen) atoms. The largest absolute Gasteiger partial charge is 0.360 e. The molecule has 1 aliphatic carbocycles. The molecule has 4 rings (SSSR count). The summed E-state index contributed by atoms with van der Waals surface area (Å²) in [4.78, 5) is 16.7. The molecule has 2 heterocycles. The Balaban J connectivity index is 1.39. The number of nitrogens with one attached hydrogen (secondary N) is 1. The third-order valence-electron chi connectivity index (χ3n) is 6.09. The maximum Gasteiger partial charge on any atom is 0.218 e. The van der Waals surface area contributed by atoms with E-state index >= 15 is 0 Å². The molecule has 1 aromatic heterocycles. The van der Waals surface area contributed by atoms with Gasteiger partial charge in [0.05, 0.1) is 26.2 Å². The summed E-state index contributed by atoms with van der Waals surface area (Å²) in [7, 11) is 0. The number of aromatic nitrogens is 1. The molecule has 5 heteroatoms. The smallest absolute Gasteiger partial charge is 0.218 e. The first kappa shape index (κ1) is 18.6. The van der Waals surface area contributed by atoms with E-state index in [1.165, 1.54) is 34.7 Å². The Kier molecular flexibility index (Phi) is 5.04. The molecule has 0 bridgehead atoms. The highest BCUT2D eigenvalue weighted by Crippen LogP contribution is 2.38. The van der Waals surface area contributed by atoms with E-state index in [0.717, 1.165) is 42.5 Å². The van der Waals surface area contributed by atoms with Crippen molar-refractivity contribution >= 4 is 23.1 Å². The van der Waals surface area contributed by atoms with Crippen LogP contribution in [0.5, 0.6) is 0 Å². The molecule has 0 spiro atoms. The van der Waals surface area contributed by atoms with Crippen LogP contribution in [-0.2, 0) is 0 Å². The van der Waals surface area contributed by atoms with Gasteiger partial charge in [0.2, 0.25) is 5.78 Å². The normalized spacial score (nSPS) is 18.1. The van der Waals surface area contributed by atoms with Gasteiger partial charge in [0.15, 0.2) is 0 Å². The Hall–Kier alpha value is -1.78. The predicted octanol–water partition coefficient (Wildman–Crippen LogP) is 2.99. The minimum Gasteiger partial charge on any atom is -0.360 e. The quantitative estimate of drug-likeness (QED) is 0.800. The fourth-order valence-corrected chi connectivity index (χ4v) is 4.61. The molecule has 0 unspecified atom stereocenters. The van der Waals surface area contributed by atoms with E-state index in [1.54, 1.807) is 0 Å². The Morgan fingerprint density at radius 2 is 1.85 bits per heavy atom. The van der Waals surface area contributed by atoms with Crippen LogP contribution in [0.3, 0.4) is 0 Å². The molecular formula is C22H29ClN3O+. The molecule has 1 aliphatic heterocycles. The Bertz CT molecular complexity index is 861. The van der Waals surface area contributed by atoms with Crippen LogP contribution >= 0.6 is 11.6 Å². The lowest BCUT2D eigenvalue weighted by Gasteiger charge is -2.34. The molecule has 1 saturated carbocycles. The van der Waals surface area contributed by atoms with Crippen molar-refractivity contribution in [1.82, 2.24) is 4.57 Å². The minimum atomic E-state index is 0.289. The van der Waals surface area contributed by atoms with Crippen LogP contribution in [0.25, 0.3) is 0 Å². The number of ketones is 1. The number of halogens is 1. The number of hydrogen-bond donors (Lipinski definition) is 1. The number of rotatable bonds is 5. The van der Waals surface area contributed by atoms with Gasteiger partial charge in [-0.25, -0.2) is 0 Å². The Labute approximate surface area is 166 Å². The molecule has 0 amide bonds. The molecule has 2 aliphatic rings. The van der Waals surface area contributed by atoms with Crippen molar-refractivity contribution in [1.29, 1.82) is 0 Å². The van der Waals surface area contributed by atoms with E-state index in [-0.39, 0.29) is 5.78 Å². The zero-order valence-corrected chi connectivity index (χ0v) is 17.3. The van der Waals surface area contributed by atoms with Gasteiger partial charge in [-0.1, -0.05) is 17.7 Å². The number of aryl methyl sites for hydroxylation is 2. The van der Waals surface area contributed by atoms with Gasteiger partial charge in [-0.3, -0.25) is 4.79 Å². The summed E-state index contributed by atoms with van der Waals surface area (Å²) in [5.74, 6) is 0.289. The first-order chi connectivity index (χ1) is 12.9. The van der Waals surface area contributed by atoms with Crippen molar-refractivity contribution in [2.24, 2.45) is 0 Å². The highest BCUT2D eigenvalue weighted by molar-refractivity contribution is 6.30. The van der Waals surface area contributed by atoms with Crippen LogP contribution in [0.4, 0.5) is 5.69 Å². The van der Waals surface area contributed by atoms with E-state index in [9.17, 15) is 4.79 Å². The van der Waals surface area contributed by atoms with E-state index < -0.39 is 0 Å². The predicted molar refractivity (Wildman–Crippen MR) is 110 cm³/mol. The van der Waals surface area contributed by atoms with Crippen LogP contribution < -0.4 is 9.80 Å². The monoisotopic (exact) mass is 386 g/mol. The minimum absolute atomic E-state index is 0.289. The lowest BCUT2D eigenvalue weighted by molar-refractivity contribution is -0.892. The number of Topliss-reactive ketones (excluding diaryl/α,β-unsaturated/α-hetero) is 1. The summed E-state index contributed by atoms with van der Waals surface area (Å²) in [6.45, 7) is 10.9. The lowest BCUT2D eigenvalue weighted by atomic mass is 10.1. The number of carbonyl (C=O) groups excluding carboxylic acids is 1. The second-order valence-corrected chi connectivity index (χ2v) is 8.59. The maximum absolute atomic E-state index is 12.9. The first-order valence-electron chi connectivity index (χ1n) is 10.0. The summed E-state index contributed by atoms with van der Waals surface area (Å²) in [6, 6.07) is 8.80. The molecule has 1 saturated heterocycles. The number of piperazine rings is 1. The standard InChI is InChI=1S/C22H28ClN3O/c1-15-4-5-18(23)13-21(15)25-10-8-24(9-11-25)14-22(27)20-12-16(2)26(17(20)3)19-6-7-19/h4-5,12-13,19H,6-11,14H2,1-3H3/p+1. The van der Waals surface area contributed by atoms with Gasteiger partial charge >= 0.3 is 0 Å². The molecule has 2 fully saturated rings. The SMILES string of the molecule is Cc1ccc(Cl)cc1N1CC[NH+](CC(=O)c2cc(C)n(C3CC3)c2C)CC1. The number of carbonyl (C=O) groups is 1. The Morgan fingerprint density at radius 1 is 1.15 bits per heavy atom. The van der Waals surface area contributed by atoms with Gasteiger partial charge in [-0.05, 0) is 57.4 Å². The van der Waals surface area contributed by atoms with Crippen LogP contribution in [0.2, 0.25) is 5.02 Å². The van der Waals surface area contributed by atoms with Gasteiger partial charge in [0.1, 0.15) is 6.54 Å². The number of anilines is 1. The number of nitrogens with zero attached hydrogens (tertiary/aromatic N) is 2. The summed E-state index contributed by atoms with van der Waals surface area (Å²) < 4.78 is 2.36.